The number of hydrogen-bond acceptors (Lipinski definition) is 4. The number of piperidine rings is 1. The Kier molecular flexibility index (Phi) is 5.21. The summed E-state index contributed by atoms with van der Waals surface area (Å²) in [6.45, 7) is 3.26. The van der Waals surface area contributed by atoms with E-state index < -0.39 is 0 Å². The fourth-order valence-electron chi connectivity index (χ4n) is 3.49. The molecule has 4 heteroatoms. The van der Waals surface area contributed by atoms with Crippen LogP contribution in [0.15, 0.2) is 18.2 Å². The SMILES string of the molecule is COc1ccc(CC2CCCCN2)cc1OC1CCN(C)C1. The minimum absolute atomic E-state index is 0.280. The molecular formula is C18H28N2O2. The van der Waals surface area contributed by atoms with Crippen LogP contribution in [0, 0.1) is 0 Å². The van der Waals surface area contributed by atoms with E-state index in [-0.39, 0.29) is 6.10 Å². The zero-order chi connectivity index (χ0) is 15.4. The first kappa shape index (κ1) is 15.6. The Morgan fingerprint density at radius 2 is 2.14 bits per heavy atom. The summed E-state index contributed by atoms with van der Waals surface area (Å²) in [5.74, 6) is 1.74. The summed E-state index contributed by atoms with van der Waals surface area (Å²) >= 11 is 0. The lowest BCUT2D eigenvalue weighted by molar-refractivity contribution is 0.199. The molecule has 2 unspecified atom stereocenters. The van der Waals surface area contributed by atoms with Crippen LogP contribution in [0.25, 0.3) is 0 Å². The van der Waals surface area contributed by atoms with Crippen LogP contribution < -0.4 is 14.8 Å². The van der Waals surface area contributed by atoms with Crippen LogP contribution in [0.2, 0.25) is 0 Å². The summed E-state index contributed by atoms with van der Waals surface area (Å²) in [6, 6.07) is 7.00. The first-order chi connectivity index (χ1) is 10.7. The number of hydrogen-bond donors (Lipinski definition) is 1. The van der Waals surface area contributed by atoms with Crippen molar-refractivity contribution in [2.24, 2.45) is 0 Å². The van der Waals surface area contributed by atoms with Gasteiger partial charge in [0.05, 0.1) is 7.11 Å². The highest BCUT2D eigenvalue weighted by Crippen LogP contribution is 2.31. The van der Waals surface area contributed by atoms with E-state index in [1.165, 1.54) is 24.8 Å². The van der Waals surface area contributed by atoms with Crippen LogP contribution >= 0.6 is 0 Å². The van der Waals surface area contributed by atoms with Gasteiger partial charge in [0, 0.05) is 19.1 Å². The Hall–Kier alpha value is -1.26. The molecule has 22 heavy (non-hydrogen) atoms. The minimum Gasteiger partial charge on any atom is -0.493 e. The first-order valence-corrected chi connectivity index (χ1v) is 8.50. The zero-order valence-electron chi connectivity index (χ0n) is 13.8. The van der Waals surface area contributed by atoms with Crippen molar-refractivity contribution >= 4 is 0 Å². The Balaban J connectivity index is 1.68. The van der Waals surface area contributed by atoms with Gasteiger partial charge in [-0.1, -0.05) is 12.5 Å². The summed E-state index contributed by atoms with van der Waals surface area (Å²) in [7, 11) is 3.86. The maximum absolute atomic E-state index is 6.21. The fourth-order valence-corrected chi connectivity index (χ4v) is 3.49. The number of rotatable bonds is 5. The molecule has 3 rings (SSSR count). The normalized spacial score (nSPS) is 26.1. The molecule has 2 fully saturated rings. The highest BCUT2D eigenvalue weighted by molar-refractivity contribution is 5.43. The Labute approximate surface area is 133 Å². The first-order valence-electron chi connectivity index (χ1n) is 8.50. The molecule has 0 saturated carbocycles. The molecule has 0 amide bonds. The molecule has 2 aliphatic rings. The van der Waals surface area contributed by atoms with Gasteiger partial charge >= 0.3 is 0 Å². The zero-order valence-corrected chi connectivity index (χ0v) is 13.8. The Bertz CT molecular complexity index is 486. The maximum atomic E-state index is 6.21. The van der Waals surface area contributed by atoms with E-state index in [2.05, 4.69) is 29.4 Å². The van der Waals surface area contributed by atoms with Gasteiger partial charge in [0.15, 0.2) is 11.5 Å². The van der Waals surface area contributed by atoms with Crippen LogP contribution in [0.4, 0.5) is 0 Å². The summed E-state index contributed by atoms with van der Waals surface area (Å²) in [5.41, 5.74) is 1.33. The van der Waals surface area contributed by atoms with Crippen LogP contribution in [-0.4, -0.2) is 50.8 Å². The van der Waals surface area contributed by atoms with Crippen molar-refractivity contribution in [1.29, 1.82) is 0 Å². The average molecular weight is 304 g/mol. The fraction of sp³-hybridized carbons (Fsp3) is 0.667. The largest absolute Gasteiger partial charge is 0.493 e. The molecule has 1 aromatic carbocycles. The number of likely N-dealkylation sites (N-methyl/N-ethyl adjacent to an activating group) is 1. The van der Waals surface area contributed by atoms with E-state index in [1.54, 1.807) is 7.11 Å². The molecule has 1 aromatic rings. The van der Waals surface area contributed by atoms with Crippen molar-refractivity contribution < 1.29 is 9.47 Å². The molecule has 2 atom stereocenters. The molecule has 2 aliphatic heterocycles. The minimum atomic E-state index is 0.280. The predicted molar refractivity (Wildman–Crippen MR) is 88.9 cm³/mol. The van der Waals surface area contributed by atoms with Gasteiger partial charge in [-0.2, -0.15) is 0 Å². The van der Waals surface area contributed by atoms with Crippen molar-refractivity contribution in [1.82, 2.24) is 10.2 Å². The monoisotopic (exact) mass is 304 g/mol. The van der Waals surface area contributed by atoms with Gasteiger partial charge in [-0.05, 0) is 57.0 Å². The van der Waals surface area contributed by atoms with Crippen LogP contribution in [0.3, 0.4) is 0 Å². The Morgan fingerprint density at radius 1 is 1.23 bits per heavy atom. The molecule has 2 saturated heterocycles. The topological polar surface area (TPSA) is 33.7 Å². The number of nitrogens with one attached hydrogen (secondary N) is 1. The number of benzene rings is 1. The summed E-state index contributed by atoms with van der Waals surface area (Å²) in [6.07, 6.45) is 6.37. The third-order valence-electron chi connectivity index (χ3n) is 4.76. The quantitative estimate of drug-likeness (QED) is 0.906. The third-order valence-corrected chi connectivity index (χ3v) is 4.76. The van der Waals surface area contributed by atoms with Crippen LogP contribution in [-0.2, 0) is 6.42 Å². The van der Waals surface area contributed by atoms with Crippen molar-refractivity contribution in [2.45, 2.75) is 44.2 Å². The van der Waals surface area contributed by atoms with Crippen LogP contribution in [0.5, 0.6) is 11.5 Å². The second kappa shape index (κ2) is 7.34. The molecule has 0 aromatic heterocycles. The van der Waals surface area contributed by atoms with Gasteiger partial charge in [0.1, 0.15) is 6.10 Å². The highest BCUT2D eigenvalue weighted by atomic mass is 16.5. The number of methoxy groups -OCH3 is 1. The second-order valence-corrected chi connectivity index (χ2v) is 6.63. The van der Waals surface area contributed by atoms with Crippen molar-refractivity contribution in [3.05, 3.63) is 23.8 Å². The molecule has 122 valence electrons. The lowest BCUT2D eigenvalue weighted by Gasteiger charge is -2.24. The van der Waals surface area contributed by atoms with Gasteiger partial charge in [-0.15, -0.1) is 0 Å². The van der Waals surface area contributed by atoms with Gasteiger partial charge in [0.2, 0.25) is 0 Å². The highest BCUT2D eigenvalue weighted by Gasteiger charge is 2.22. The lowest BCUT2D eigenvalue weighted by Crippen LogP contribution is -2.35. The van der Waals surface area contributed by atoms with E-state index >= 15 is 0 Å². The summed E-state index contributed by atoms with van der Waals surface area (Å²) in [4.78, 5) is 2.31. The van der Waals surface area contributed by atoms with Gasteiger partial charge in [-0.25, -0.2) is 0 Å². The van der Waals surface area contributed by atoms with Crippen molar-refractivity contribution in [3.63, 3.8) is 0 Å². The summed E-state index contributed by atoms with van der Waals surface area (Å²) < 4.78 is 11.7. The predicted octanol–water partition coefficient (Wildman–Crippen LogP) is 2.46. The van der Waals surface area contributed by atoms with E-state index in [0.29, 0.717) is 6.04 Å². The Morgan fingerprint density at radius 3 is 2.82 bits per heavy atom. The maximum Gasteiger partial charge on any atom is 0.161 e. The van der Waals surface area contributed by atoms with Crippen LogP contribution in [0.1, 0.15) is 31.2 Å². The van der Waals surface area contributed by atoms with Gasteiger partial charge < -0.3 is 19.7 Å². The van der Waals surface area contributed by atoms with Crippen molar-refractivity contribution in [3.8, 4) is 11.5 Å². The molecule has 4 nitrogen and oxygen atoms in total. The second-order valence-electron chi connectivity index (χ2n) is 6.63. The lowest BCUT2D eigenvalue weighted by atomic mass is 9.97. The number of ether oxygens (including phenoxy) is 2. The molecule has 0 bridgehead atoms. The molecule has 0 radical (unpaired) electrons. The van der Waals surface area contributed by atoms with Crippen molar-refractivity contribution in [2.75, 3.05) is 33.8 Å². The molecule has 0 spiro atoms. The number of nitrogens with zero attached hydrogens (tertiary/aromatic N) is 1. The van der Waals surface area contributed by atoms with E-state index in [4.69, 9.17) is 9.47 Å². The summed E-state index contributed by atoms with van der Waals surface area (Å²) in [5, 5.41) is 3.62. The molecule has 2 heterocycles. The van der Waals surface area contributed by atoms with E-state index in [9.17, 15) is 0 Å². The molecule has 1 N–H and O–H groups in total. The van der Waals surface area contributed by atoms with E-state index in [0.717, 1.165) is 44.0 Å². The van der Waals surface area contributed by atoms with Gasteiger partial charge in [0.25, 0.3) is 0 Å². The number of likely N-dealkylation sites (tertiary alicyclic amines) is 1. The van der Waals surface area contributed by atoms with Gasteiger partial charge in [-0.3, -0.25) is 0 Å². The smallest absolute Gasteiger partial charge is 0.161 e. The van der Waals surface area contributed by atoms with E-state index in [1.807, 2.05) is 6.07 Å². The third kappa shape index (κ3) is 3.93. The standard InChI is InChI=1S/C18H28N2O2/c1-20-10-8-16(13-20)22-18-12-14(6-7-17(18)21-2)11-15-5-3-4-9-19-15/h6-7,12,15-16,19H,3-5,8-11,13H2,1-2H3. The molecule has 0 aliphatic carbocycles. The average Bonchev–Trinajstić information content (AvgIpc) is 2.94. The molecular weight excluding hydrogens is 276 g/mol.